The van der Waals surface area contributed by atoms with E-state index in [0.29, 0.717) is 13.2 Å². The fraction of sp³-hybridized carbons (Fsp3) is 0.375. The average Bonchev–Trinajstić information content (AvgIpc) is 2.47. The molecule has 0 saturated carbocycles. The Balaban J connectivity index is 1.90. The summed E-state index contributed by atoms with van der Waals surface area (Å²) in [5, 5.41) is 3.44. The molecule has 1 unspecified atom stereocenters. The molecule has 1 heterocycles. The van der Waals surface area contributed by atoms with Gasteiger partial charge in [-0.05, 0) is 38.5 Å². The van der Waals surface area contributed by atoms with Crippen LogP contribution < -0.4 is 10.1 Å². The largest absolute Gasteiger partial charge is 0.494 e. The van der Waals surface area contributed by atoms with Gasteiger partial charge in [0.25, 0.3) is 0 Å². The third-order valence-electron chi connectivity index (χ3n) is 3.11. The molecule has 0 aliphatic rings. The number of aromatic nitrogens is 2. The van der Waals surface area contributed by atoms with Crippen molar-refractivity contribution in [3.63, 3.8) is 0 Å². The quantitative estimate of drug-likeness (QED) is 0.877. The molecule has 0 fully saturated rings. The number of hydrogen-bond acceptors (Lipinski definition) is 4. The fourth-order valence-electron chi connectivity index (χ4n) is 1.91. The Labute approximate surface area is 120 Å². The van der Waals surface area contributed by atoms with Crippen LogP contribution in [-0.4, -0.2) is 16.6 Å². The van der Waals surface area contributed by atoms with E-state index >= 15 is 0 Å². The zero-order valence-electron chi connectivity index (χ0n) is 12.3. The molecule has 2 aromatic rings. The van der Waals surface area contributed by atoms with Gasteiger partial charge in [0, 0.05) is 25.0 Å². The normalized spacial score (nSPS) is 12.2. The highest BCUT2D eigenvalue weighted by Gasteiger charge is 2.05. The summed E-state index contributed by atoms with van der Waals surface area (Å²) in [6.07, 6.45) is 3.60. The maximum atomic E-state index is 5.44. The van der Waals surface area contributed by atoms with Gasteiger partial charge in [-0.25, -0.2) is 0 Å². The van der Waals surface area contributed by atoms with Crippen molar-refractivity contribution < 1.29 is 4.74 Å². The highest BCUT2D eigenvalue weighted by Crippen LogP contribution is 2.17. The van der Waals surface area contributed by atoms with Gasteiger partial charge in [-0.15, -0.1) is 0 Å². The minimum absolute atomic E-state index is 0.258. The van der Waals surface area contributed by atoms with Crippen LogP contribution in [0.1, 0.15) is 36.8 Å². The van der Waals surface area contributed by atoms with Gasteiger partial charge in [0.15, 0.2) is 0 Å². The standard InChI is InChI=1S/C16H21N3O/c1-4-20-16-7-5-14(6-8-16)13(3)18-11-15-10-17-12(2)9-19-15/h5-10,13,18H,4,11H2,1-3H3. The highest BCUT2D eigenvalue weighted by molar-refractivity contribution is 5.28. The van der Waals surface area contributed by atoms with Crippen molar-refractivity contribution in [2.24, 2.45) is 0 Å². The van der Waals surface area contributed by atoms with Gasteiger partial charge < -0.3 is 10.1 Å². The van der Waals surface area contributed by atoms with Crippen LogP contribution >= 0.6 is 0 Å². The van der Waals surface area contributed by atoms with Gasteiger partial charge in [-0.1, -0.05) is 12.1 Å². The summed E-state index contributed by atoms with van der Waals surface area (Å²) < 4.78 is 5.44. The van der Waals surface area contributed by atoms with Crippen molar-refractivity contribution in [2.75, 3.05) is 6.61 Å². The van der Waals surface area contributed by atoms with E-state index in [0.717, 1.165) is 17.1 Å². The molecule has 0 radical (unpaired) electrons. The molecule has 0 amide bonds. The van der Waals surface area contributed by atoms with Crippen molar-refractivity contribution in [3.8, 4) is 5.75 Å². The van der Waals surface area contributed by atoms with Gasteiger partial charge in [0.1, 0.15) is 5.75 Å². The Morgan fingerprint density at radius 1 is 1.15 bits per heavy atom. The monoisotopic (exact) mass is 271 g/mol. The van der Waals surface area contributed by atoms with Crippen molar-refractivity contribution >= 4 is 0 Å². The van der Waals surface area contributed by atoms with E-state index in [1.54, 1.807) is 6.20 Å². The van der Waals surface area contributed by atoms with Crippen LogP contribution in [0.25, 0.3) is 0 Å². The molecule has 1 atom stereocenters. The molecule has 0 aliphatic heterocycles. The van der Waals surface area contributed by atoms with Gasteiger partial charge in [-0.3, -0.25) is 9.97 Å². The minimum atomic E-state index is 0.258. The minimum Gasteiger partial charge on any atom is -0.494 e. The summed E-state index contributed by atoms with van der Waals surface area (Å²) in [4.78, 5) is 8.58. The van der Waals surface area contributed by atoms with E-state index in [-0.39, 0.29) is 6.04 Å². The van der Waals surface area contributed by atoms with E-state index < -0.39 is 0 Å². The third kappa shape index (κ3) is 4.03. The van der Waals surface area contributed by atoms with Crippen molar-refractivity contribution in [2.45, 2.75) is 33.4 Å². The zero-order chi connectivity index (χ0) is 14.4. The smallest absolute Gasteiger partial charge is 0.119 e. The molecule has 4 nitrogen and oxygen atoms in total. The van der Waals surface area contributed by atoms with Crippen molar-refractivity contribution in [1.82, 2.24) is 15.3 Å². The van der Waals surface area contributed by atoms with Gasteiger partial charge in [-0.2, -0.15) is 0 Å². The first-order valence-corrected chi connectivity index (χ1v) is 6.92. The van der Waals surface area contributed by atoms with Gasteiger partial charge in [0.05, 0.1) is 18.0 Å². The molecule has 1 aromatic heterocycles. The van der Waals surface area contributed by atoms with Crippen LogP contribution in [0, 0.1) is 6.92 Å². The molecule has 0 bridgehead atoms. The summed E-state index contributed by atoms with van der Waals surface area (Å²) in [6, 6.07) is 8.44. The zero-order valence-corrected chi connectivity index (χ0v) is 12.3. The van der Waals surface area contributed by atoms with E-state index in [1.165, 1.54) is 5.56 Å². The van der Waals surface area contributed by atoms with E-state index in [2.05, 4.69) is 34.3 Å². The molecular weight excluding hydrogens is 250 g/mol. The molecule has 0 spiro atoms. The van der Waals surface area contributed by atoms with Crippen molar-refractivity contribution in [3.05, 3.63) is 53.6 Å². The van der Waals surface area contributed by atoms with Crippen LogP contribution in [0.4, 0.5) is 0 Å². The number of nitrogens with one attached hydrogen (secondary N) is 1. The van der Waals surface area contributed by atoms with E-state index in [9.17, 15) is 0 Å². The number of nitrogens with zero attached hydrogens (tertiary/aromatic N) is 2. The van der Waals surface area contributed by atoms with E-state index in [1.807, 2.05) is 32.2 Å². The van der Waals surface area contributed by atoms with Crippen LogP contribution in [-0.2, 0) is 6.54 Å². The molecule has 0 aliphatic carbocycles. The first kappa shape index (κ1) is 14.5. The summed E-state index contributed by atoms with van der Waals surface area (Å²) in [5.74, 6) is 0.910. The van der Waals surface area contributed by atoms with Crippen LogP contribution in [0.2, 0.25) is 0 Å². The van der Waals surface area contributed by atoms with E-state index in [4.69, 9.17) is 4.74 Å². The SMILES string of the molecule is CCOc1ccc(C(C)NCc2cnc(C)cn2)cc1. The van der Waals surface area contributed by atoms with Gasteiger partial charge >= 0.3 is 0 Å². The maximum absolute atomic E-state index is 5.44. The molecule has 106 valence electrons. The lowest BCUT2D eigenvalue weighted by atomic mass is 10.1. The Hall–Kier alpha value is -1.94. The molecule has 1 aromatic carbocycles. The Kier molecular flexibility index (Phi) is 5.07. The summed E-state index contributed by atoms with van der Waals surface area (Å²) >= 11 is 0. The topological polar surface area (TPSA) is 47.0 Å². The lowest BCUT2D eigenvalue weighted by Crippen LogP contribution is -2.18. The highest BCUT2D eigenvalue weighted by atomic mass is 16.5. The van der Waals surface area contributed by atoms with Gasteiger partial charge in [0.2, 0.25) is 0 Å². The predicted octanol–water partition coefficient (Wildman–Crippen LogP) is 3.03. The van der Waals surface area contributed by atoms with Crippen LogP contribution in [0.5, 0.6) is 5.75 Å². The van der Waals surface area contributed by atoms with Crippen LogP contribution in [0.3, 0.4) is 0 Å². The Morgan fingerprint density at radius 3 is 2.50 bits per heavy atom. The first-order valence-electron chi connectivity index (χ1n) is 6.92. The lowest BCUT2D eigenvalue weighted by molar-refractivity contribution is 0.340. The Morgan fingerprint density at radius 2 is 1.90 bits per heavy atom. The average molecular weight is 271 g/mol. The second kappa shape index (κ2) is 7.01. The second-order valence-electron chi connectivity index (χ2n) is 4.75. The number of rotatable bonds is 6. The molecule has 4 heteroatoms. The Bertz CT molecular complexity index is 522. The summed E-state index contributed by atoms with van der Waals surface area (Å²) in [5.41, 5.74) is 3.12. The maximum Gasteiger partial charge on any atom is 0.119 e. The number of ether oxygens (including phenoxy) is 1. The summed E-state index contributed by atoms with van der Waals surface area (Å²) in [7, 11) is 0. The molecule has 1 N–H and O–H groups in total. The molecular formula is C16H21N3O. The number of benzene rings is 1. The molecule has 20 heavy (non-hydrogen) atoms. The van der Waals surface area contributed by atoms with Crippen LogP contribution in [0.15, 0.2) is 36.7 Å². The molecule has 2 rings (SSSR count). The first-order chi connectivity index (χ1) is 9.69. The lowest BCUT2D eigenvalue weighted by Gasteiger charge is -2.14. The van der Waals surface area contributed by atoms with Crippen molar-refractivity contribution in [1.29, 1.82) is 0 Å². The fourth-order valence-corrected chi connectivity index (χ4v) is 1.91. The third-order valence-corrected chi connectivity index (χ3v) is 3.11. The molecule has 0 saturated heterocycles. The predicted molar refractivity (Wildman–Crippen MR) is 79.6 cm³/mol. The summed E-state index contributed by atoms with van der Waals surface area (Å²) in [6.45, 7) is 7.46. The second-order valence-corrected chi connectivity index (χ2v) is 4.75. The number of hydrogen-bond donors (Lipinski definition) is 1. The number of aryl methyl sites for hydroxylation is 1.